The summed E-state index contributed by atoms with van der Waals surface area (Å²) >= 11 is 0. The number of rotatable bonds is 8. The molecule has 2 nitrogen and oxygen atoms in total. The quantitative estimate of drug-likeness (QED) is 0.531. The van der Waals surface area contributed by atoms with E-state index in [1.54, 1.807) is 32.1 Å². The van der Waals surface area contributed by atoms with Gasteiger partial charge in [-0.1, -0.05) is 24.3 Å². The molecule has 0 spiro atoms. The van der Waals surface area contributed by atoms with E-state index in [4.69, 9.17) is 9.47 Å². The first-order chi connectivity index (χ1) is 12.5. The van der Waals surface area contributed by atoms with Crippen molar-refractivity contribution in [3.63, 3.8) is 0 Å². The molecule has 1 unspecified atom stereocenters. The Hall–Kier alpha value is -2.50. The number of benzene rings is 2. The lowest BCUT2D eigenvalue weighted by Crippen LogP contribution is -2.06. The molecule has 0 aliphatic carbocycles. The molecule has 26 heavy (non-hydrogen) atoms. The van der Waals surface area contributed by atoms with Crippen LogP contribution in [0.5, 0.6) is 11.5 Å². The second kappa shape index (κ2) is 9.27. The van der Waals surface area contributed by atoms with Gasteiger partial charge < -0.3 is 9.47 Å². The zero-order valence-corrected chi connectivity index (χ0v) is 14.6. The maximum atomic E-state index is 14.2. The standard InChI is InChI=1S/C20H20F4O2/c1-3-5-13-6-7-14(16(22)12-13)15(21)10-11-26-18-9-8-17(25-4-2)19(23)20(18)24/h3,5-9,12,15H,4,10-11H2,1-2H3/b5-3+. The minimum absolute atomic E-state index is 0.0970. The summed E-state index contributed by atoms with van der Waals surface area (Å²) in [6, 6.07) is 6.66. The molecule has 0 bridgehead atoms. The molecule has 2 aromatic carbocycles. The summed E-state index contributed by atoms with van der Waals surface area (Å²) < 4.78 is 65.9. The van der Waals surface area contributed by atoms with Gasteiger partial charge in [-0.2, -0.15) is 8.78 Å². The largest absolute Gasteiger partial charge is 0.491 e. The van der Waals surface area contributed by atoms with Crippen LogP contribution in [0.3, 0.4) is 0 Å². The lowest BCUT2D eigenvalue weighted by atomic mass is 10.0. The molecule has 0 saturated carbocycles. The van der Waals surface area contributed by atoms with Crippen molar-refractivity contribution in [3.05, 3.63) is 65.0 Å². The van der Waals surface area contributed by atoms with Crippen molar-refractivity contribution in [1.82, 2.24) is 0 Å². The van der Waals surface area contributed by atoms with Gasteiger partial charge in [0.2, 0.25) is 11.6 Å². The predicted octanol–water partition coefficient (Wildman–Crippen LogP) is 6.02. The third-order valence-corrected chi connectivity index (χ3v) is 3.66. The Morgan fingerprint density at radius 2 is 1.65 bits per heavy atom. The molecule has 0 aliphatic heterocycles. The normalized spacial score (nSPS) is 12.4. The number of hydrogen-bond donors (Lipinski definition) is 0. The highest BCUT2D eigenvalue weighted by Gasteiger charge is 2.18. The smallest absolute Gasteiger partial charge is 0.204 e. The SMILES string of the molecule is C/C=C/c1ccc(C(F)CCOc2ccc(OCC)c(F)c2F)c(F)c1. The van der Waals surface area contributed by atoms with Crippen molar-refractivity contribution in [2.24, 2.45) is 0 Å². The van der Waals surface area contributed by atoms with Gasteiger partial charge in [0.25, 0.3) is 0 Å². The van der Waals surface area contributed by atoms with Crippen LogP contribution >= 0.6 is 0 Å². The zero-order valence-electron chi connectivity index (χ0n) is 14.6. The molecule has 140 valence electrons. The Morgan fingerprint density at radius 3 is 2.23 bits per heavy atom. The van der Waals surface area contributed by atoms with Crippen LogP contribution in [0.4, 0.5) is 17.6 Å². The highest BCUT2D eigenvalue weighted by atomic mass is 19.2. The van der Waals surface area contributed by atoms with Gasteiger partial charge in [0.15, 0.2) is 11.5 Å². The number of allylic oxidation sites excluding steroid dienone is 1. The van der Waals surface area contributed by atoms with Crippen LogP contribution in [0.1, 0.15) is 37.6 Å². The fraction of sp³-hybridized carbons (Fsp3) is 0.300. The van der Waals surface area contributed by atoms with E-state index in [9.17, 15) is 17.6 Å². The predicted molar refractivity (Wildman–Crippen MR) is 92.6 cm³/mol. The third kappa shape index (κ3) is 4.77. The van der Waals surface area contributed by atoms with Crippen LogP contribution in [0.25, 0.3) is 6.08 Å². The zero-order chi connectivity index (χ0) is 19.1. The highest BCUT2D eigenvalue weighted by Crippen LogP contribution is 2.29. The van der Waals surface area contributed by atoms with Gasteiger partial charge in [-0.25, -0.2) is 8.78 Å². The Morgan fingerprint density at radius 1 is 1.00 bits per heavy atom. The molecule has 2 rings (SSSR count). The number of hydrogen-bond acceptors (Lipinski definition) is 2. The maximum Gasteiger partial charge on any atom is 0.204 e. The minimum atomic E-state index is -1.62. The molecule has 6 heteroatoms. The van der Waals surface area contributed by atoms with Gasteiger partial charge in [-0.15, -0.1) is 0 Å². The first-order valence-electron chi connectivity index (χ1n) is 8.27. The van der Waals surface area contributed by atoms with E-state index in [0.717, 1.165) is 0 Å². The molecule has 0 aromatic heterocycles. The molecule has 1 atom stereocenters. The minimum Gasteiger partial charge on any atom is -0.491 e. The second-order valence-corrected chi connectivity index (χ2v) is 5.51. The van der Waals surface area contributed by atoms with Gasteiger partial charge in [0, 0.05) is 12.0 Å². The van der Waals surface area contributed by atoms with E-state index in [0.29, 0.717) is 5.56 Å². The Labute approximate surface area is 150 Å². The summed E-state index contributed by atoms with van der Waals surface area (Å²) in [6.07, 6.45) is 1.63. The van der Waals surface area contributed by atoms with Gasteiger partial charge in [-0.3, -0.25) is 0 Å². The Balaban J connectivity index is 1.98. The van der Waals surface area contributed by atoms with E-state index in [1.807, 2.05) is 0 Å². The summed E-state index contributed by atoms with van der Waals surface area (Å²) in [5, 5.41) is 0. The highest BCUT2D eigenvalue weighted by molar-refractivity contribution is 5.49. The Kier molecular flexibility index (Phi) is 7.06. The molecule has 0 fully saturated rings. The van der Waals surface area contributed by atoms with Crippen molar-refractivity contribution in [3.8, 4) is 11.5 Å². The fourth-order valence-corrected chi connectivity index (χ4v) is 2.41. The first-order valence-corrected chi connectivity index (χ1v) is 8.27. The molecule has 0 saturated heterocycles. The number of ether oxygens (including phenoxy) is 2. The van der Waals surface area contributed by atoms with Crippen molar-refractivity contribution >= 4 is 6.08 Å². The molecular weight excluding hydrogens is 348 g/mol. The fourth-order valence-electron chi connectivity index (χ4n) is 2.41. The Bertz CT molecular complexity index is 775. The van der Waals surface area contributed by atoms with Crippen LogP contribution in [0.15, 0.2) is 36.4 Å². The van der Waals surface area contributed by atoms with Crippen LogP contribution in [0.2, 0.25) is 0 Å². The van der Waals surface area contributed by atoms with E-state index in [1.165, 1.54) is 24.3 Å². The van der Waals surface area contributed by atoms with E-state index in [-0.39, 0.29) is 36.7 Å². The molecule has 0 heterocycles. The van der Waals surface area contributed by atoms with E-state index < -0.39 is 23.6 Å². The van der Waals surface area contributed by atoms with Crippen molar-refractivity contribution in [1.29, 1.82) is 0 Å². The average molecular weight is 368 g/mol. The third-order valence-electron chi connectivity index (χ3n) is 3.66. The summed E-state index contributed by atoms with van der Waals surface area (Å²) in [7, 11) is 0. The number of halogens is 4. The summed E-state index contributed by atoms with van der Waals surface area (Å²) in [6.45, 7) is 3.40. The average Bonchev–Trinajstić information content (AvgIpc) is 2.61. The molecule has 0 amide bonds. The molecular formula is C20H20F4O2. The summed E-state index contributed by atoms with van der Waals surface area (Å²) in [5.41, 5.74) is 0.532. The lowest BCUT2D eigenvalue weighted by molar-refractivity contribution is 0.224. The lowest BCUT2D eigenvalue weighted by Gasteiger charge is -2.13. The molecule has 0 N–H and O–H groups in total. The van der Waals surface area contributed by atoms with Crippen LogP contribution in [-0.4, -0.2) is 13.2 Å². The van der Waals surface area contributed by atoms with Crippen LogP contribution in [0, 0.1) is 17.5 Å². The van der Waals surface area contributed by atoms with Crippen molar-refractivity contribution in [2.45, 2.75) is 26.4 Å². The van der Waals surface area contributed by atoms with Gasteiger partial charge in [0.05, 0.1) is 13.2 Å². The summed E-state index contributed by atoms with van der Waals surface area (Å²) in [5.74, 6) is -3.59. The van der Waals surface area contributed by atoms with Crippen LogP contribution in [-0.2, 0) is 0 Å². The maximum absolute atomic E-state index is 14.2. The molecule has 2 aromatic rings. The monoisotopic (exact) mass is 368 g/mol. The van der Waals surface area contributed by atoms with E-state index in [2.05, 4.69) is 0 Å². The van der Waals surface area contributed by atoms with Gasteiger partial charge >= 0.3 is 0 Å². The van der Waals surface area contributed by atoms with Crippen molar-refractivity contribution in [2.75, 3.05) is 13.2 Å². The number of alkyl halides is 1. The van der Waals surface area contributed by atoms with E-state index >= 15 is 0 Å². The van der Waals surface area contributed by atoms with Crippen molar-refractivity contribution < 1.29 is 27.0 Å². The second-order valence-electron chi connectivity index (χ2n) is 5.51. The molecule has 0 radical (unpaired) electrons. The van der Waals surface area contributed by atoms with Gasteiger partial charge in [0.1, 0.15) is 12.0 Å². The molecule has 0 aliphatic rings. The van der Waals surface area contributed by atoms with Gasteiger partial charge in [-0.05, 0) is 37.6 Å². The van der Waals surface area contributed by atoms with Crippen LogP contribution < -0.4 is 9.47 Å². The summed E-state index contributed by atoms with van der Waals surface area (Å²) in [4.78, 5) is 0. The topological polar surface area (TPSA) is 18.5 Å². The first kappa shape index (κ1) is 19.8.